The molecule has 1 aromatic carbocycles. The second-order valence-electron chi connectivity index (χ2n) is 5.08. The number of ether oxygens (including phenoxy) is 1. The lowest BCUT2D eigenvalue weighted by molar-refractivity contribution is 0.0689. The summed E-state index contributed by atoms with van der Waals surface area (Å²) < 4.78 is 6.59. The van der Waals surface area contributed by atoms with Gasteiger partial charge in [-0.15, -0.1) is 0 Å². The van der Waals surface area contributed by atoms with Crippen LogP contribution in [0, 0.1) is 0 Å². The molecule has 0 aliphatic rings. The van der Waals surface area contributed by atoms with Gasteiger partial charge in [0.25, 0.3) is 0 Å². The number of aromatic nitrogens is 2. The average molecular weight is 290 g/mol. The van der Waals surface area contributed by atoms with Crippen molar-refractivity contribution >= 4 is 5.97 Å². The van der Waals surface area contributed by atoms with E-state index in [9.17, 15) is 9.90 Å². The Bertz CT molecular complexity index is 689. The molecule has 0 atom stereocenters. The van der Waals surface area contributed by atoms with Gasteiger partial charge in [0, 0.05) is 12.6 Å². The summed E-state index contributed by atoms with van der Waals surface area (Å²) >= 11 is 0. The zero-order valence-corrected chi connectivity index (χ0v) is 12.4. The van der Waals surface area contributed by atoms with Crippen LogP contribution in [0.5, 0.6) is 11.5 Å². The van der Waals surface area contributed by atoms with Crippen LogP contribution in [0.2, 0.25) is 0 Å². The van der Waals surface area contributed by atoms with Crippen molar-refractivity contribution in [3.8, 4) is 22.8 Å². The zero-order valence-electron chi connectivity index (χ0n) is 12.4. The van der Waals surface area contributed by atoms with Gasteiger partial charge in [-0.3, -0.25) is 4.68 Å². The molecule has 0 amide bonds. The van der Waals surface area contributed by atoms with E-state index in [2.05, 4.69) is 5.10 Å². The Balaban J connectivity index is 2.74. The Kier molecular flexibility index (Phi) is 3.88. The Hall–Kier alpha value is -2.50. The molecule has 0 aliphatic heterocycles. The topological polar surface area (TPSA) is 84.6 Å². The minimum atomic E-state index is -1.11. The maximum absolute atomic E-state index is 11.1. The Morgan fingerprint density at radius 2 is 2.05 bits per heavy atom. The first-order valence-electron chi connectivity index (χ1n) is 6.54. The number of carboxylic acid groups (broad SMARTS) is 1. The highest BCUT2D eigenvalue weighted by atomic mass is 16.5. The summed E-state index contributed by atoms with van der Waals surface area (Å²) in [6.45, 7) is 4.00. The minimum absolute atomic E-state index is 0.0105. The van der Waals surface area contributed by atoms with E-state index in [1.807, 2.05) is 19.9 Å². The summed E-state index contributed by atoms with van der Waals surface area (Å²) in [6.07, 6.45) is 0. The molecule has 0 unspecified atom stereocenters. The lowest BCUT2D eigenvalue weighted by Gasteiger charge is -2.16. The summed E-state index contributed by atoms with van der Waals surface area (Å²) in [6, 6.07) is 5.01. The molecule has 6 heteroatoms. The van der Waals surface area contributed by atoms with Crippen LogP contribution in [0.1, 0.15) is 35.8 Å². The van der Waals surface area contributed by atoms with E-state index in [1.54, 1.807) is 13.1 Å². The highest BCUT2D eigenvalue weighted by Gasteiger charge is 2.22. The van der Waals surface area contributed by atoms with Crippen molar-refractivity contribution in [2.45, 2.75) is 19.8 Å². The van der Waals surface area contributed by atoms with Crippen molar-refractivity contribution in [3.63, 3.8) is 0 Å². The van der Waals surface area contributed by atoms with Gasteiger partial charge in [0.15, 0.2) is 17.2 Å². The molecule has 0 fully saturated rings. The summed E-state index contributed by atoms with van der Waals surface area (Å²) in [5, 5.41) is 23.4. The fourth-order valence-electron chi connectivity index (χ4n) is 2.31. The van der Waals surface area contributed by atoms with Crippen molar-refractivity contribution in [1.82, 2.24) is 9.78 Å². The van der Waals surface area contributed by atoms with Crippen LogP contribution < -0.4 is 4.74 Å². The summed E-state index contributed by atoms with van der Waals surface area (Å²) in [5.41, 5.74) is 1.91. The number of carbonyl (C=O) groups is 1. The molecule has 1 aromatic heterocycles. The Morgan fingerprint density at radius 1 is 1.38 bits per heavy atom. The predicted octanol–water partition coefficient (Wildman–Crippen LogP) is 2.62. The maximum atomic E-state index is 11.1. The van der Waals surface area contributed by atoms with E-state index >= 15 is 0 Å². The molecular weight excluding hydrogens is 272 g/mol. The van der Waals surface area contributed by atoms with Crippen molar-refractivity contribution < 1.29 is 19.7 Å². The molecule has 0 saturated carbocycles. The summed E-state index contributed by atoms with van der Waals surface area (Å²) in [5.74, 6) is -0.624. The maximum Gasteiger partial charge on any atom is 0.356 e. The number of hydrogen-bond donors (Lipinski definition) is 2. The van der Waals surface area contributed by atoms with Crippen molar-refractivity contribution in [2.75, 3.05) is 7.11 Å². The van der Waals surface area contributed by atoms with Gasteiger partial charge in [-0.2, -0.15) is 5.10 Å². The highest BCUT2D eigenvalue weighted by Crippen LogP contribution is 2.42. The van der Waals surface area contributed by atoms with Crippen LogP contribution in [-0.2, 0) is 7.05 Å². The molecule has 0 saturated heterocycles. The lowest BCUT2D eigenvalue weighted by Crippen LogP contribution is -2.01. The van der Waals surface area contributed by atoms with Crippen LogP contribution in [-0.4, -0.2) is 33.1 Å². The fourth-order valence-corrected chi connectivity index (χ4v) is 2.31. The molecular formula is C15H18N2O4. The van der Waals surface area contributed by atoms with Gasteiger partial charge in [0.05, 0.1) is 12.8 Å². The first kappa shape index (κ1) is 14.9. The second-order valence-corrected chi connectivity index (χ2v) is 5.08. The van der Waals surface area contributed by atoms with Gasteiger partial charge in [-0.1, -0.05) is 19.9 Å². The normalized spacial score (nSPS) is 10.9. The third-order valence-corrected chi connectivity index (χ3v) is 3.37. The van der Waals surface area contributed by atoms with E-state index in [4.69, 9.17) is 9.84 Å². The number of phenolic OH excluding ortho intramolecular Hbond substituents is 1. The zero-order chi connectivity index (χ0) is 15.7. The summed E-state index contributed by atoms with van der Waals surface area (Å²) in [7, 11) is 3.12. The SMILES string of the molecule is COc1ccc(C(C)C)c(-c2cc(C(=O)O)nn2C)c1O. The molecule has 1 heterocycles. The Morgan fingerprint density at radius 3 is 2.52 bits per heavy atom. The molecule has 2 rings (SSSR count). The van der Waals surface area contributed by atoms with Gasteiger partial charge in [-0.05, 0) is 23.6 Å². The third kappa shape index (κ3) is 2.56. The highest BCUT2D eigenvalue weighted by molar-refractivity contribution is 5.88. The van der Waals surface area contributed by atoms with Gasteiger partial charge < -0.3 is 14.9 Å². The number of benzene rings is 1. The molecule has 0 aliphatic carbocycles. The lowest BCUT2D eigenvalue weighted by atomic mass is 9.94. The first-order chi connectivity index (χ1) is 9.86. The second kappa shape index (κ2) is 5.47. The minimum Gasteiger partial charge on any atom is -0.504 e. The fraction of sp³-hybridized carbons (Fsp3) is 0.333. The van der Waals surface area contributed by atoms with Crippen LogP contribution in [0.4, 0.5) is 0 Å². The van der Waals surface area contributed by atoms with Gasteiger partial charge in [-0.25, -0.2) is 4.79 Å². The van der Waals surface area contributed by atoms with Gasteiger partial charge >= 0.3 is 5.97 Å². The number of carboxylic acids is 1. The number of methoxy groups -OCH3 is 1. The average Bonchev–Trinajstić information content (AvgIpc) is 2.80. The van der Waals surface area contributed by atoms with Crippen molar-refractivity contribution in [1.29, 1.82) is 0 Å². The molecule has 6 nitrogen and oxygen atoms in total. The monoisotopic (exact) mass is 290 g/mol. The predicted molar refractivity (Wildman–Crippen MR) is 77.9 cm³/mol. The number of phenols is 1. The van der Waals surface area contributed by atoms with Crippen LogP contribution in [0.3, 0.4) is 0 Å². The van der Waals surface area contributed by atoms with Crippen molar-refractivity contribution in [3.05, 3.63) is 29.5 Å². The molecule has 112 valence electrons. The smallest absolute Gasteiger partial charge is 0.356 e. The van der Waals surface area contributed by atoms with Crippen LogP contribution in [0.15, 0.2) is 18.2 Å². The van der Waals surface area contributed by atoms with Crippen LogP contribution in [0.25, 0.3) is 11.3 Å². The number of aromatic hydroxyl groups is 1. The van der Waals surface area contributed by atoms with E-state index in [1.165, 1.54) is 17.9 Å². The summed E-state index contributed by atoms with van der Waals surface area (Å²) in [4.78, 5) is 11.1. The van der Waals surface area contributed by atoms with E-state index in [-0.39, 0.29) is 17.4 Å². The molecule has 2 N–H and O–H groups in total. The number of hydrogen-bond acceptors (Lipinski definition) is 4. The number of nitrogens with zero attached hydrogens (tertiary/aromatic N) is 2. The van der Waals surface area contributed by atoms with E-state index in [0.717, 1.165) is 5.56 Å². The quantitative estimate of drug-likeness (QED) is 0.904. The first-order valence-corrected chi connectivity index (χ1v) is 6.54. The number of aromatic carboxylic acids is 1. The Labute approximate surface area is 122 Å². The van der Waals surface area contributed by atoms with Crippen molar-refractivity contribution in [2.24, 2.45) is 7.05 Å². The molecule has 0 radical (unpaired) electrons. The molecule has 0 bridgehead atoms. The standard InChI is InChI=1S/C15H18N2O4/c1-8(2)9-5-6-12(21-4)14(18)13(9)11-7-10(15(19)20)16-17(11)3/h5-8,18H,1-4H3,(H,19,20). The van der Waals surface area contributed by atoms with Gasteiger partial charge in [0.1, 0.15) is 0 Å². The molecule has 21 heavy (non-hydrogen) atoms. The third-order valence-electron chi connectivity index (χ3n) is 3.37. The molecule has 2 aromatic rings. The van der Waals surface area contributed by atoms with Crippen LogP contribution >= 0.6 is 0 Å². The molecule has 0 spiro atoms. The van der Waals surface area contributed by atoms with Gasteiger partial charge in [0.2, 0.25) is 0 Å². The van der Waals surface area contributed by atoms with E-state index in [0.29, 0.717) is 17.0 Å². The number of rotatable bonds is 4. The van der Waals surface area contributed by atoms with E-state index < -0.39 is 5.97 Å². The largest absolute Gasteiger partial charge is 0.504 e. The number of aryl methyl sites for hydroxylation is 1.